The van der Waals surface area contributed by atoms with Crippen LogP contribution in [-0.2, 0) is 87.2 Å². The summed E-state index contributed by atoms with van der Waals surface area (Å²) in [6.07, 6.45) is 25.4. The van der Waals surface area contributed by atoms with Crippen LogP contribution < -0.4 is 0 Å². The van der Waals surface area contributed by atoms with E-state index in [1.807, 2.05) is 134 Å². The van der Waals surface area contributed by atoms with Crippen LogP contribution in [0.5, 0.6) is 0 Å². The Morgan fingerprint density at radius 3 is 1.33 bits per heavy atom. The molecule has 0 amide bonds. The molecule has 22 heteroatoms. The molecule has 1 aromatic rings. The molecule has 17 fully saturated rings. The number of cyclic esters (lactones) is 1. The van der Waals surface area contributed by atoms with Crippen LogP contribution in [0.4, 0.5) is 0 Å². The number of rotatable bonds is 23. The Hall–Kier alpha value is -5.23. The fourth-order valence-electron chi connectivity index (χ4n) is 22.0. The first kappa shape index (κ1) is 128. The van der Waals surface area contributed by atoms with Gasteiger partial charge in [0.05, 0.1) is 50.8 Å². The molecule has 2 heterocycles. The molecule has 15 saturated carbocycles. The summed E-state index contributed by atoms with van der Waals surface area (Å²) in [7, 11) is 0. The van der Waals surface area contributed by atoms with Crippen LogP contribution in [0.15, 0.2) is 30.3 Å². The number of esters is 7. The molecular formula is C107H195IO21. The number of carbonyl (C=O) groups excluding carboxylic acids is 10. The maximum atomic E-state index is 13.4. The van der Waals surface area contributed by atoms with Gasteiger partial charge in [-0.2, -0.15) is 0 Å². The quantitative estimate of drug-likeness (QED) is 0.0584. The minimum Gasteiger partial charge on any atom is -0.459 e. The van der Waals surface area contributed by atoms with Crippen LogP contribution in [0.25, 0.3) is 0 Å². The molecule has 2 saturated heterocycles. The Morgan fingerprint density at radius 1 is 0.465 bits per heavy atom. The SMILES string of the molecule is C.C.C.C.C.C.C.C.C.C.C.C.CCC(C)(C)C(=O)OC1(C(C)C)C2CC3CC(C2)CC1C3.CCC(C)(C)C(=O)OC12CC3CC(O)(CC(O)(C3)C1)C2.CCC(C)(C)C(=O)OC1C2CC3C(=O)OC1C3C2.CCC(C)(C)C(=O)OC1CCOC1=O.CCC(C)(C)C(=O)OI(OC(=O)C12CC3CC(C1)C(=O)C(C3)C2)c1ccccc1.CCC1(OC(=O)C(C)(C)CC)CCCC1. The summed E-state index contributed by atoms with van der Waals surface area (Å²) in [5.74, 6) is 3.52. The molecule has 15 aliphatic carbocycles. The first-order chi connectivity index (χ1) is 54.5. The van der Waals surface area contributed by atoms with Gasteiger partial charge in [-0.15, -0.1) is 0 Å². The molecule has 756 valence electrons. The van der Waals surface area contributed by atoms with Crippen molar-refractivity contribution in [1.82, 2.24) is 0 Å². The van der Waals surface area contributed by atoms with E-state index in [9.17, 15) is 58.2 Å². The molecule has 0 radical (unpaired) electrons. The zero-order chi connectivity index (χ0) is 86.4. The molecule has 10 unspecified atom stereocenters. The molecular weight excluding hydrogens is 1750 g/mol. The number of ketones is 1. The van der Waals surface area contributed by atoms with Crippen molar-refractivity contribution in [3.8, 4) is 0 Å². The van der Waals surface area contributed by atoms with E-state index in [1.165, 1.54) is 44.9 Å². The number of aliphatic hydroxyl groups is 2. The number of halogens is 1. The normalized spacial score (nSPS) is 31.4. The van der Waals surface area contributed by atoms with Crippen molar-refractivity contribution in [2.75, 3.05) is 6.61 Å². The maximum absolute atomic E-state index is 13.4. The van der Waals surface area contributed by atoms with Gasteiger partial charge in [0.2, 0.25) is 6.10 Å². The van der Waals surface area contributed by atoms with Gasteiger partial charge < -0.3 is 43.4 Å². The van der Waals surface area contributed by atoms with Crippen molar-refractivity contribution >= 4 is 80.2 Å². The van der Waals surface area contributed by atoms with E-state index in [-0.39, 0.29) is 195 Å². The summed E-state index contributed by atoms with van der Waals surface area (Å²) in [5.41, 5.74) is -5.99. The van der Waals surface area contributed by atoms with Crippen LogP contribution in [0, 0.1) is 112 Å². The molecule has 18 rings (SSSR count). The first-order valence-corrected chi connectivity index (χ1v) is 48.0. The van der Waals surface area contributed by atoms with Gasteiger partial charge in [0.25, 0.3) is 0 Å². The molecule has 0 spiro atoms. The van der Waals surface area contributed by atoms with E-state index in [0.717, 1.165) is 112 Å². The number of ether oxygens (including phenoxy) is 7. The van der Waals surface area contributed by atoms with E-state index in [0.29, 0.717) is 99.3 Å². The van der Waals surface area contributed by atoms with E-state index >= 15 is 0 Å². The second kappa shape index (κ2) is 49.0. The average molecular weight is 1940 g/mol. The van der Waals surface area contributed by atoms with Crippen LogP contribution in [0.2, 0.25) is 0 Å². The maximum Gasteiger partial charge on any atom is 0.312 e. The molecule has 21 nitrogen and oxygen atoms in total. The van der Waals surface area contributed by atoms with Crippen molar-refractivity contribution in [3.63, 3.8) is 0 Å². The van der Waals surface area contributed by atoms with Gasteiger partial charge in [-0.3, -0.25) is 28.8 Å². The van der Waals surface area contributed by atoms with Gasteiger partial charge in [0.1, 0.15) is 29.0 Å². The standard InChI is InChI=1S/C23H29IO5.C19H32O2.C16H26O4.C14H20O4.C13H24O2.C10H16O4.12CH4/c1-4-22(2,3)20(26)28-24(18-8-6-5-7-9-18)29-21(27)23-12-15-10-16(13-23)19(25)17(11-15)14-23;1-6-18(4,5)17(20)21-19(12(2)3)15-8-13-7-14(10-15)11-16(19)9-13;1-4-13(2,3)12(17)20-16-7-11-5-14(18,9-16)8-15(19,6-11)10-16;1-4-14(2,3)13(16)18-10-7-5-8-9(6-7)12(15)17-11(8)10;1-5-12(3,4)11(14)15-13(6-2)9-7-8-10-13;1-4-10(2,3)9(12)14-7-5-6-13-8(7)11;;;;;;;;;;;;/h5-9,15-17H,4,10-14H2,1-3H3;12-16H,6-11H2,1-5H3;11,18-19H,4-10H2,1-3H3;7-11H,4-6H2,1-3H3;5-10H2,1-4H3;7H,4-6H2,1-3H3;12*1H4. The van der Waals surface area contributed by atoms with Crippen molar-refractivity contribution in [2.45, 2.75) is 473 Å². The fraction of sp³-hybridized carbons (Fsp3) is 0.850. The number of hydrogen-bond donors (Lipinski definition) is 2. The third kappa shape index (κ3) is 27.8. The van der Waals surface area contributed by atoms with Crippen molar-refractivity contribution in [1.29, 1.82) is 0 Å². The van der Waals surface area contributed by atoms with Crippen LogP contribution in [0.3, 0.4) is 0 Å². The molecule has 1 aromatic carbocycles. The molecule has 14 bridgehead atoms. The summed E-state index contributed by atoms with van der Waals surface area (Å²) in [4.78, 5) is 122. The van der Waals surface area contributed by atoms with Gasteiger partial charge >= 0.3 is 222 Å². The molecule has 0 aromatic heterocycles. The Morgan fingerprint density at radius 2 is 0.899 bits per heavy atom. The second-order valence-electron chi connectivity index (χ2n) is 42.7. The van der Waals surface area contributed by atoms with Crippen molar-refractivity contribution < 1.29 is 97.4 Å². The topological polar surface area (TPSA) is 294 Å². The van der Waals surface area contributed by atoms with E-state index in [2.05, 4.69) is 27.7 Å². The minimum absolute atomic E-state index is 0. The van der Waals surface area contributed by atoms with E-state index < -0.39 is 76.6 Å². The van der Waals surface area contributed by atoms with Crippen molar-refractivity contribution in [3.05, 3.63) is 33.9 Å². The third-order valence-electron chi connectivity index (χ3n) is 31.4. The number of benzene rings is 1. The van der Waals surface area contributed by atoms with E-state index in [4.69, 9.17) is 39.3 Å². The number of fused-ring (bicyclic) bond motifs is 1. The largest absolute Gasteiger partial charge is 0.459 e. The summed E-state index contributed by atoms with van der Waals surface area (Å²) in [6, 6.07) is 9.37. The first-order valence-electron chi connectivity index (χ1n) is 45.2. The molecule has 2 aliphatic heterocycles. The van der Waals surface area contributed by atoms with Crippen LogP contribution >= 0.6 is 20.6 Å². The van der Waals surface area contributed by atoms with Crippen LogP contribution in [-0.4, -0.2) is 123 Å². The summed E-state index contributed by atoms with van der Waals surface area (Å²) < 4.78 is 51.5. The Kier molecular flexibility index (Phi) is 48.6. The third-order valence-corrected chi connectivity index (χ3v) is 34.7. The zero-order valence-corrected chi connectivity index (χ0v) is 77.2. The number of Topliss-reactive ketones (excluding diaryl/α,β-unsaturated/α-hetero) is 1. The fourth-order valence-corrected chi connectivity index (χ4v) is 25.4. The molecule has 17 aliphatic rings. The molecule has 129 heavy (non-hydrogen) atoms. The van der Waals surface area contributed by atoms with Gasteiger partial charge in [-0.25, -0.2) is 4.79 Å². The second-order valence-corrected chi connectivity index (χ2v) is 46.0. The van der Waals surface area contributed by atoms with E-state index in [1.54, 1.807) is 13.8 Å². The minimum atomic E-state index is -2.97. The Bertz CT molecular complexity index is 3690. The Balaban J connectivity index is -0.00000147. The predicted octanol–water partition coefficient (Wildman–Crippen LogP) is 26.6. The molecule has 10 atom stereocenters. The van der Waals surface area contributed by atoms with Gasteiger partial charge in [-0.05, 0) is 233 Å². The smallest absolute Gasteiger partial charge is 0.312 e. The van der Waals surface area contributed by atoms with Crippen LogP contribution in [0.1, 0.15) is 427 Å². The zero-order valence-electron chi connectivity index (χ0n) is 75.0. The Labute approximate surface area is 795 Å². The number of hydrogen-bond acceptors (Lipinski definition) is 21. The monoisotopic (exact) mass is 1940 g/mol. The molecule has 2 N–H and O–H groups in total. The van der Waals surface area contributed by atoms with Gasteiger partial charge in [0.15, 0.2) is 0 Å². The number of carbonyl (C=O) groups is 10. The predicted molar refractivity (Wildman–Crippen MR) is 531 cm³/mol. The van der Waals surface area contributed by atoms with Crippen molar-refractivity contribution in [2.24, 2.45) is 109 Å². The summed E-state index contributed by atoms with van der Waals surface area (Å²) >= 11 is -2.97. The van der Waals surface area contributed by atoms with Gasteiger partial charge in [0, 0.05) is 37.5 Å². The summed E-state index contributed by atoms with van der Waals surface area (Å²) in [6.45, 7) is 41.8. The summed E-state index contributed by atoms with van der Waals surface area (Å²) in [5, 5.41) is 21.3. The average Bonchev–Trinajstić information content (AvgIpc) is 1.60. The van der Waals surface area contributed by atoms with Gasteiger partial charge in [-0.1, -0.05) is 145 Å².